The van der Waals surface area contributed by atoms with Crippen LogP contribution >= 0.6 is 23.2 Å². The highest BCUT2D eigenvalue weighted by atomic mass is 35.5. The van der Waals surface area contributed by atoms with Crippen molar-refractivity contribution >= 4 is 34.2 Å². The van der Waals surface area contributed by atoms with Gasteiger partial charge >= 0.3 is 0 Å². The summed E-state index contributed by atoms with van der Waals surface area (Å²) >= 11 is 12.2. The maximum Gasteiger partial charge on any atom is 0.124 e. The molecule has 2 rings (SSSR count). The van der Waals surface area contributed by atoms with Crippen LogP contribution < -0.4 is 0 Å². The van der Waals surface area contributed by atoms with Crippen molar-refractivity contribution in [1.29, 1.82) is 0 Å². The number of aryl methyl sites for hydroxylation is 1. The highest BCUT2D eigenvalue weighted by Gasteiger charge is 2.11. The van der Waals surface area contributed by atoms with E-state index >= 15 is 0 Å². The summed E-state index contributed by atoms with van der Waals surface area (Å²) in [4.78, 5) is 4.53. The van der Waals surface area contributed by atoms with Gasteiger partial charge in [0.1, 0.15) is 11.3 Å². The van der Waals surface area contributed by atoms with Crippen LogP contribution in [0, 0.1) is 0 Å². The van der Waals surface area contributed by atoms with E-state index in [-0.39, 0.29) is 0 Å². The second-order valence-corrected chi connectivity index (χ2v) is 5.72. The predicted octanol–water partition coefficient (Wildman–Crippen LogP) is 4.63. The fourth-order valence-corrected chi connectivity index (χ4v) is 2.62. The van der Waals surface area contributed by atoms with Crippen LogP contribution in [0.2, 0.25) is 5.02 Å². The molecule has 0 aliphatic rings. The van der Waals surface area contributed by atoms with E-state index in [0.29, 0.717) is 17.0 Å². The van der Waals surface area contributed by atoms with Gasteiger partial charge in [-0.25, -0.2) is 4.98 Å². The van der Waals surface area contributed by atoms with Crippen molar-refractivity contribution in [3.05, 3.63) is 29.0 Å². The molecule has 1 heterocycles. The summed E-state index contributed by atoms with van der Waals surface area (Å²) in [6, 6.07) is 5.84. The zero-order valence-corrected chi connectivity index (χ0v) is 13.4. The maximum atomic E-state index is 6.18. The minimum absolute atomic E-state index is 0.293. The van der Waals surface area contributed by atoms with Gasteiger partial charge in [0.2, 0.25) is 0 Å². The Kier molecular flexibility index (Phi) is 5.70. The average molecular weight is 315 g/mol. The topological polar surface area (TPSA) is 27.1 Å². The predicted molar refractivity (Wildman–Crippen MR) is 84.6 cm³/mol. The van der Waals surface area contributed by atoms with Gasteiger partial charge in [-0.05, 0) is 38.8 Å². The van der Waals surface area contributed by atoms with Crippen LogP contribution in [-0.4, -0.2) is 22.3 Å². The SMILES string of the molecule is CC(C)OCCCCn1c(CCl)nc2c(Cl)cccc21. The van der Waals surface area contributed by atoms with E-state index in [9.17, 15) is 0 Å². The molecule has 2 aromatic rings. The molecule has 5 heteroatoms. The minimum atomic E-state index is 0.293. The summed E-state index contributed by atoms with van der Waals surface area (Å²) in [5.41, 5.74) is 1.89. The van der Waals surface area contributed by atoms with Crippen LogP contribution in [0.15, 0.2) is 18.2 Å². The maximum absolute atomic E-state index is 6.18. The van der Waals surface area contributed by atoms with Gasteiger partial charge in [-0.2, -0.15) is 0 Å². The number of halogens is 2. The number of rotatable bonds is 7. The first-order valence-corrected chi connectivity index (χ1v) is 7.86. The summed E-state index contributed by atoms with van der Waals surface area (Å²) in [5, 5.41) is 0.677. The number of fused-ring (bicyclic) bond motifs is 1. The molecule has 110 valence electrons. The number of nitrogens with zero attached hydrogens (tertiary/aromatic N) is 2. The molecular formula is C15H20Cl2N2O. The zero-order valence-electron chi connectivity index (χ0n) is 11.9. The highest BCUT2D eigenvalue weighted by Crippen LogP contribution is 2.25. The molecule has 0 fully saturated rings. The third-order valence-electron chi connectivity index (χ3n) is 3.16. The quantitative estimate of drug-likeness (QED) is 0.550. The van der Waals surface area contributed by atoms with Gasteiger partial charge < -0.3 is 9.30 Å². The third-order valence-corrected chi connectivity index (χ3v) is 3.70. The molecule has 1 aromatic heterocycles. The number of unbranched alkanes of at least 4 members (excludes halogenated alkanes) is 1. The summed E-state index contributed by atoms with van der Waals surface area (Å²) in [6.07, 6.45) is 2.36. The number of ether oxygens (including phenoxy) is 1. The number of imidazole rings is 1. The van der Waals surface area contributed by atoms with E-state index < -0.39 is 0 Å². The monoisotopic (exact) mass is 314 g/mol. The molecule has 0 amide bonds. The summed E-state index contributed by atoms with van der Waals surface area (Å²) < 4.78 is 7.71. The molecule has 0 saturated heterocycles. The largest absolute Gasteiger partial charge is 0.379 e. The lowest BCUT2D eigenvalue weighted by Gasteiger charge is -2.09. The molecule has 0 aliphatic carbocycles. The Morgan fingerprint density at radius 1 is 1.30 bits per heavy atom. The van der Waals surface area contributed by atoms with Gasteiger partial charge in [0.15, 0.2) is 0 Å². The van der Waals surface area contributed by atoms with E-state index in [0.717, 1.165) is 42.9 Å². The summed E-state index contributed by atoms with van der Waals surface area (Å²) in [6.45, 7) is 5.79. The highest BCUT2D eigenvalue weighted by molar-refractivity contribution is 6.34. The standard InChI is InChI=1S/C15H20Cl2N2O/c1-11(2)20-9-4-3-8-19-13-7-5-6-12(17)15(13)18-14(19)10-16/h5-7,11H,3-4,8-10H2,1-2H3. The van der Waals surface area contributed by atoms with Gasteiger partial charge in [0.25, 0.3) is 0 Å². The van der Waals surface area contributed by atoms with Gasteiger partial charge in [-0.15, -0.1) is 11.6 Å². The number of hydrogen-bond acceptors (Lipinski definition) is 2. The number of para-hydroxylation sites is 1. The van der Waals surface area contributed by atoms with Crippen molar-refractivity contribution in [1.82, 2.24) is 9.55 Å². The lowest BCUT2D eigenvalue weighted by Crippen LogP contribution is -2.06. The summed E-state index contributed by atoms with van der Waals surface area (Å²) in [5.74, 6) is 1.27. The molecule has 1 aromatic carbocycles. The van der Waals surface area contributed by atoms with Gasteiger partial charge in [-0.3, -0.25) is 0 Å². The first kappa shape index (κ1) is 15.6. The fourth-order valence-electron chi connectivity index (χ4n) is 2.20. The van der Waals surface area contributed by atoms with E-state index in [1.165, 1.54) is 0 Å². The molecular weight excluding hydrogens is 295 g/mol. The first-order chi connectivity index (χ1) is 9.63. The van der Waals surface area contributed by atoms with E-state index in [4.69, 9.17) is 27.9 Å². The van der Waals surface area contributed by atoms with Crippen LogP contribution in [0.5, 0.6) is 0 Å². The minimum Gasteiger partial charge on any atom is -0.379 e. The number of benzene rings is 1. The molecule has 0 spiro atoms. The Morgan fingerprint density at radius 3 is 2.80 bits per heavy atom. The van der Waals surface area contributed by atoms with Crippen molar-refractivity contribution in [2.75, 3.05) is 6.61 Å². The number of alkyl halides is 1. The molecule has 0 atom stereocenters. The zero-order chi connectivity index (χ0) is 14.5. The van der Waals surface area contributed by atoms with Crippen molar-refractivity contribution in [3.8, 4) is 0 Å². The Hall–Kier alpha value is -0.770. The normalized spacial score (nSPS) is 11.7. The van der Waals surface area contributed by atoms with Gasteiger partial charge in [-0.1, -0.05) is 17.7 Å². The third kappa shape index (κ3) is 3.66. The Labute approximate surface area is 129 Å². The van der Waals surface area contributed by atoms with Crippen LogP contribution in [0.3, 0.4) is 0 Å². The molecule has 3 nitrogen and oxygen atoms in total. The van der Waals surface area contributed by atoms with Crippen molar-refractivity contribution in [2.24, 2.45) is 0 Å². The second-order valence-electron chi connectivity index (χ2n) is 5.05. The number of hydrogen-bond donors (Lipinski definition) is 0. The van der Waals surface area contributed by atoms with Gasteiger partial charge in [0, 0.05) is 13.2 Å². The smallest absolute Gasteiger partial charge is 0.124 e. The lowest BCUT2D eigenvalue weighted by molar-refractivity contribution is 0.0754. The molecule has 0 aliphatic heterocycles. The first-order valence-electron chi connectivity index (χ1n) is 6.94. The Bertz CT molecular complexity index is 566. The van der Waals surface area contributed by atoms with Crippen LogP contribution in [0.4, 0.5) is 0 Å². The van der Waals surface area contributed by atoms with Crippen molar-refractivity contribution in [3.63, 3.8) is 0 Å². The average Bonchev–Trinajstić information content (AvgIpc) is 2.78. The fraction of sp³-hybridized carbons (Fsp3) is 0.533. The van der Waals surface area contributed by atoms with Crippen LogP contribution in [0.1, 0.15) is 32.5 Å². The summed E-state index contributed by atoms with van der Waals surface area (Å²) in [7, 11) is 0. The Morgan fingerprint density at radius 2 is 2.10 bits per heavy atom. The van der Waals surface area contributed by atoms with E-state index in [1.54, 1.807) is 0 Å². The Balaban J connectivity index is 2.07. The molecule has 0 N–H and O–H groups in total. The van der Waals surface area contributed by atoms with Crippen LogP contribution in [0.25, 0.3) is 11.0 Å². The van der Waals surface area contributed by atoms with E-state index in [1.807, 2.05) is 18.2 Å². The van der Waals surface area contributed by atoms with Crippen molar-refractivity contribution in [2.45, 2.75) is 45.2 Å². The van der Waals surface area contributed by atoms with Crippen LogP contribution in [-0.2, 0) is 17.2 Å². The molecule has 20 heavy (non-hydrogen) atoms. The second kappa shape index (κ2) is 7.30. The molecule has 0 saturated carbocycles. The lowest BCUT2D eigenvalue weighted by atomic mass is 10.3. The van der Waals surface area contributed by atoms with E-state index in [2.05, 4.69) is 23.4 Å². The molecule has 0 radical (unpaired) electrons. The van der Waals surface area contributed by atoms with Crippen molar-refractivity contribution < 1.29 is 4.74 Å². The van der Waals surface area contributed by atoms with Gasteiger partial charge in [0.05, 0.1) is 22.5 Å². The molecule has 0 unspecified atom stereocenters. The number of aromatic nitrogens is 2. The molecule has 0 bridgehead atoms.